The molecule has 0 aliphatic heterocycles. The average Bonchev–Trinajstić information content (AvgIpc) is 2.49. The molecule has 0 rings (SSSR count). The van der Waals surface area contributed by atoms with E-state index in [2.05, 4.69) is 19.1 Å². The summed E-state index contributed by atoms with van der Waals surface area (Å²) in [5.41, 5.74) is 0. The first-order valence-electron chi connectivity index (χ1n) is 9.37. The van der Waals surface area contributed by atoms with E-state index in [4.69, 9.17) is 24.4 Å². The molecule has 0 aliphatic carbocycles. The summed E-state index contributed by atoms with van der Waals surface area (Å²) >= 11 is 0. The van der Waals surface area contributed by atoms with E-state index in [1.807, 2.05) is 0 Å². The molecule has 0 aromatic heterocycles. The second-order valence-corrected chi connectivity index (χ2v) is 7.07. The van der Waals surface area contributed by atoms with Crippen molar-refractivity contribution in [3.8, 4) is 0 Å². The van der Waals surface area contributed by atoms with E-state index in [0.29, 0.717) is 6.42 Å². The number of phosphoric acid groups is 1. The first-order chi connectivity index (χ1) is 11.8. The van der Waals surface area contributed by atoms with Crippen LogP contribution in [0.2, 0.25) is 0 Å². The predicted octanol–water partition coefficient (Wildman–Crippen LogP) is -5.70. The molecule has 0 atom stereocenters. The summed E-state index contributed by atoms with van der Waals surface area (Å²) in [5, 5.41) is 8.51. The van der Waals surface area contributed by atoms with Crippen LogP contribution in [0.5, 0.6) is 0 Å². The first-order valence-corrected chi connectivity index (χ1v) is 10.8. The van der Waals surface area contributed by atoms with Crippen molar-refractivity contribution in [1.82, 2.24) is 0 Å². The third kappa shape index (κ3) is 56.6. The van der Waals surface area contributed by atoms with Gasteiger partial charge in [0.05, 0.1) is 0 Å². The minimum absolute atomic E-state index is 0. The van der Waals surface area contributed by atoms with E-state index in [1.54, 1.807) is 0 Å². The van der Waals surface area contributed by atoms with E-state index in [1.165, 1.54) is 70.6 Å². The Bertz CT molecular complexity index is 370. The van der Waals surface area contributed by atoms with E-state index >= 15 is 0 Å². The van der Waals surface area contributed by atoms with Crippen LogP contribution < -0.4 is 103 Å². The summed E-state index contributed by atoms with van der Waals surface area (Å²) < 4.78 is 8.55. The summed E-state index contributed by atoms with van der Waals surface area (Å²) in [6.45, 7) is 2.26. The summed E-state index contributed by atoms with van der Waals surface area (Å²) in [7, 11) is -5.39. The Labute approximate surface area is 237 Å². The fourth-order valence-electron chi connectivity index (χ4n) is 2.35. The van der Waals surface area contributed by atoms with Crippen LogP contribution in [0.3, 0.4) is 0 Å². The fourth-order valence-corrected chi connectivity index (χ4v) is 2.35. The van der Waals surface area contributed by atoms with Crippen LogP contribution in [0.15, 0.2) is 12.2 Å². The van der Waals surface area contributed by atoms with Gasteiger partial charge in [-0.05, 0) is 32.1 Å². The SMILES string of the molecule is CCCCCCCC/C=C\CCCCCCCC(=O)O.O=P([O-])([O-])[O-].[Na+].[Na+].[Na+]. The van der Waals surface area contributed by atoms with Gasteiger partial charge in [0.2, 0.25) is 0 Å². The monoisotopic (exact) mass is 446 g/mol. The van der Waals surface area contributed by atoms with E-state index < -0.39 is 13.8 Å². The smallest absolute Gasteiger partial charge is 0.822 e. The van der Waals surface area contributed by atoms with E-state index in [0.717, 1.165) is 12.8 Å². The number of carboxylic acid groups (broad SMARTS) is 1. The quantitative estimate of drug-likeness (QED) is 0.116. The van der Waals surface area contributed by atoms with Gasteiger partial charge in [-0.25, -0.2) is 0 Å². The number of hydrogen-bond acceptors (Lipinski definition) is 5. The molecule has 0 aromatic rings. The van der Waals surface area contributed by atoms with Crippen LogP contribution in [0.1, 0.15) is 96.8 Å². The summed E-state index contributed by atoms with van der Waals surface area (Å²) in [5.74, 6) is -0.664. The maximum Gasteiger partial charge on any atom is 1.00 e. The number of hydrogen-bond donors (Lipinski definition) is 1. The number of aliphatic carboxylic acids is 1. The maximum absolute atomic E-state index is 10.3. The molecule has 1 N–H and O–H groups in total. The van der Waals surface area contributed by atoms with Gasteiger partial charge in [-0.1, -0.05) is 70.4 Å². The summed E-state index contributed by atoms with van der Waals surface area (Å²) in [4.78, 5) is 36.0. The van der Waals surface area contributed by atoms with Crippen molar-refractivity contribution >= 4 is 13.8 Å². The average molecular weight is 446 g/mol. The van der Waals surface area contributed by atoms with Gasteiger partial charge in [-0.15, -0.1) is 0 Å². The largest absolute Gasteiger partial charge is 1.00 e. The van der Waals surface area contributed by atoms with Crippen molar-refractivity contribution in [3.05, 3.63) is 12.2 Å². The van der Waals surface area contributed by atoms with Gasteiger partial charge in [-0.2, -0.15) is 7.82 Å². The fraction of sp³-hybridized carbons (Fsp3) is 0.833. The van der Waals surface area contributed by atoms with Gasteiger partial charge in [0, 0.05) is 6.42 Å². The van der Waals surface area contributed by atoms with Gasteiger partial charge >= 0.3 is 94.6 Å². The van der Waals surface area contributed by atoms with E-state index in [9.17, 15) is 4.79 Å². The molecule has 28 heavy (non-hydrogen) atoms. The van der Waals surface area contributed by atoms with Crippen molar-refractivity contribution in [2.24, 2.45) is 0 Å². The molecule has 150 valence electrons. The molecular formula is C18H34Na3O6P. The topological polar surface area (TPSA) is 124 Å². The van der Waals surface area contributed by atoms with Gasteiger partial charge in [0.1, 0.15) is 0 Å². The molecule has 0 saturated carbocycles. The van der Waals surface area contributed by atoms with Crippen molar-refractivity contribution in [2.75, 3.05) is 0 Å². The zero-order valence-electron chi connectivity index (χ0n) is 18.5. The minimum Gasteiger partial charge on any atom is -0.822 e. The summed E-state index contributed by atoms with van der Waals surface area (Å²) in [6, 6.07) is 0. The molecule has 0 radical (unpaired) electrons. The Morgan fingerprint density at radius 3 is 1.43 bits per heavy atom. The molecule has 0 aliphatic rings. The molecule has 0 fully saturated rings. The Balaban J connectivity index is -0.000000195. The van der Waals surface area contributed by atoms with Gasteiger partial charge < -0.3 is 24.4 Å². The number of carboxylic acids is 1. The normalized spacial score (nSPS) is 10.1. The van der Waals surface area contributed by atoms with Crippen molar-refractivity contribution in [3.63, 3.8) is 0 Å². The van der Waals surface area contributed by atoms with Crippen molar-refractivity contribution in [2.45, 2.75) is 96.8 Å². The predicted molar refractivity (Wildman–Crippen MR) is 94.7 cm³/mol. The van der Waals surface area contributed by atoms with Gasteiger partial charge in [0.15, 0.2) is 0 Å². The van der Waals surface area contributed by atoms with Crippen LogP contribution in [-0.4, -0.2) is 11.1 Å². The molecular weight excluding hydrogens is 412 g/mol. The zero-order valence-corrected chi connectivity index (χ0v) is 25.4. The Morgan fingerprint density at radius 1 is 0.750 bits per heavy atom. The number of unbranched alkanes of at least 4 members (excludes halogenated alkanes) is 11. The Morgan fingerprint density at radius 2 is 1.07 bits per heavy atom. The maximum atomic E-state index is 10.3. The third-order valence-electron chi connectivity index (χ3n) is 3.65. The Kier molecular flexibility index (Phi) is 45.7. The van der Waals surface area contributed by atoms with Crippen LogP contribution in [0, 0.1) is 0 Å². The number of rotatable bonds is 15. The molecule has 6 nitrogen and oxygen atoms in total. The zero-order chi connectivity index (χ0) is 19.4. The molecule has 0 amide bonds. The third-order valence-corrected chi connectivity index (χ3v) is 3.65. The molecule has 0 spiro atoms. The molecule has 0 heterocycles. The molecule has 0 aromatic carbocycles. The molecule has 0 unspecified atom stereocenters. The van der Waals surface area contributed by atoms with Gasteiger partial charge in [-0.3, -0.25) is 4.79 Å². The summed E-state index contributed by atoms with van der Waals surface area (Å²) in [6.07, 6.45) is 21.2. The van der Waals surface area contributed by atoms with E-state index in [-0.39, 0.29) is 88.7 Å². The van der Waals surface area contributed by atoms with Gasteiger partial charge in [0.25, 0.3) is 0 Å². The Hall–Kier alpha value is 2.32. The number of carbonyl (C=O) groups is 1. The number of allylic oxidation sites excluding steroid dienone is 2. The minimum atomic E-state index is -5.39. The molecule has 10 heteroatoms. The molecule has 0 bridgehead atoms. The van der Waals surface area contributed by atoms with Crippen LogP contribution in [-0.2, 0) is 9.36 Å². The first kappa shape index (κ1) is 40.7. The standard InChI is InChI=1S/C18H34O2.3Na.H3O4P/c1-2-3-4-5-6-7-8-9-10-11-12-13-14-15-16-17-18(19)20;;;;1-5(2,3)4/h9-10H,2-8,11-17H2,1H3,(H,19,20);;;;(H3,1,2,3,4)/q;3*+1;/p-3/b10-9-;;;;. The van der Waals surface area contributed by atoms with Crippen LogP contribution in [0.25, 0.3) is 0 Å². The molecule has 0 saturated heterocycles. The second kappa shape index (κ2) is 31.5. The van der Waals surface area contributed by atoms with Crippen molar-refractivity contribution < 1.29 is 118 Å². The van der Waals surface area contributed by atoms with Crippen LogP contribution in [0.4, 0.5) is 0 Å². The van der Waals surface area contributed by atoms with Crippen molar-refractivity contribution in [1.29, 1.82) is 0 Å². The van der Waals surface area contributed by atoms with Crippen LogP contribution >= 0.6 is 7.82 Å². The second-order valence-electron chi connectivity index (χ2n) is 6.18.